The van der Waals surface area contributed by atoms with Gasteiger partial charge in [0.2, 0.25) is 0 Å². The summed E-state index contributed by atoms with van der Waals surface area (Å²) in [4.78, 5) is 13.1. The van der Waals surface area contributed by atoms with Gasteiger partial charge in [0.15, 0.2) is 0 Å². The minimum atomic E-state index is -4.41. The van der Waals surface area contributed by atoms with Crippen LogP contribution < -0.4 is 5.56 Å². The summed E-state index contributed by atoms with van der Waals surface area (Å²) in [6.45, 7) is 0.761. The van der Waals surface area contributed by atoms with E-state index < -0.39 is 17.3 Å². The second-order valence-corrected chi connectivity index (χ2v) is 3.75. The Morgan fingerprint density at radius 2 is 1.94 bits per heavy atom. The van der Waals surface area contributed by atoms with E-state index in [1.54, 1.807) is 19.0 Å². The lowest BCUT2D eigenvalue weighted by Gasteiger charge is -2.13. The van der Waals surface area contributed by atoms with E-state index in [1.165, 1.54) is 0 Å². The molecule has 0 unspecified atom stereocenters. The third-order valence-corrected chi connectivity index (χ3v) is 2.10. The summed E-state index contributed by atoms with van der Waals surface area (Å²) in [5.74, 6) is 0. The van der Waals surface area contributed by atoms with Gasteiger partial charge in [-0.25, -0.2) is 0 Å². The highest BCUT2D eigenvalue weighted by Crippen LogP contribution is 2.27. The molecule has 1 aromatic heterocycles. The zero-order chi connectivity index (χ0) is 12.3. The molecule has 90 valence electrons. The Hall–Kier alpha value is -1.30. The van der Waals surface area contributed by atoms with Gasteiger partial charge in [0.25, 0.3) is 5.56 Å². The topological polar surface area (TPSA) is 25.2 Å². The number of hydrogen-bond acceptors (Lipinski definition) is 2. The molecule has 0 spiro atoms. The Morgan fingerprint density at radius 1 is 1.31 bits per heavy atom. The van der Waals surface area contributed by atoms with Crippen LogP contribution in [-0.4, -0.2) is 30.1 Å². The summed E-state index contributed by atoms with van der Waals surface area (Å²) >= 11 is 0. The number of rotatable bonds is 3. The average molecular weight is 234 g/mol. The smallest absolute Gasteiger partial charge is 0.314 e. The molecule has 0 saturated heterocycles. The minimum absolute atomic E-state index is 0.246. The molecular weight excluding hydrogens is 221 g/mol. The molecule has 6 heteroatoms. The van der Waals surface area contributed by atoms with Crippen molar-refractivity contribution >= 4 is 0 Å². The van der Waals surface area contributed by atoms with Crippen LogP contribution >= 0.6 is 0 Å². The maximum Gasteiger partial charge on any atom is 0.417 e. The van der Waals surface area contributed by atoms with Crippen LogP contribution in [0.2, 0.25) is 0 Å². The van der Waals surface area contributed by atoms with Gasteiger partial charge in [0, 0.05) is 25.4 Å². The van der Waals surface area contributed by atoms with E-state index in [0.29, 0.717) is 6.54 Å². The molecular formula is C10H13F3N2O. The minimum Gasteiger partial charge on any atom is -0.314 e. The van der Waals surface area contributed by atoms with Gasteiger partial charge in [0.05, 0.1) is 5.56 Å². The first-order valence-electron chi connectivity index (χ1n) is 4.73. The molecule has 0 aliphatic rings. The van der Waals surface area contributed by atoms with Crippen molar-refractivity contribution in [2.24, 2.45) is 0 Å². The summed E-state index contributed by atoms with van der Waals surface area (Å²) in [6.07, 6.45) is -3.56. The van der Waals surface area contributed by atoms with Gasteiger partial charge in [-0.3, -0.25) is 4.79 Å². The van der Waals surface area contributed by atoms with Crippen LogP contribution in [0.4, 0.5) is 13.2 Å². The molecule has 1 rings (SSSR count). The van der Waals surface area contributed by atoms with E-state index >= 15 is 0 Å². The highest BCUT2D eigenvalue weighted by molar-refractivity contribution is 5.13. The molecule has 0 aliphatic carbocycles. The van der Waals surface area contributed by atoms with Crippen molar-refractivity contribution in [2.75, 3.05) is 20.6 Å². The summed E-state index contributed by atoms with van der Waals surface area (Å²) in [5.41, 5.74) is -1.22. The molecule has 0 fully saturated rings. The quantitative estimate of drug-likeness (QED) is 0.790. The number of likely N-dealkylation sites (N-methyl/N-ethyl adjacent to an activating group) is 1. The fraction of sp³-hybridized carbons (Fsp3) is 0.500. The van der Waals surface area contributed by atoms with E-state index in [1.807, 2.05) is 0 Å². The van der Waals surface area contributed by atoms with Crippen LogP contribution in [-0.2, 0) is 12.7 Å². The Labute approximate surface area is 91.1 Å². The van der Waals surface area contributed by atoms with Crippen molar-refractivity contribution in [3.63, 3.8) is 0 Å². The molecule has 0 aromatic carbocycles. The Balaban J connectivity index is 2.96. The SMILES string of the molecule is CN(C)CCn1cc(C(F)(F)F)ccc1=O. The van der Waals surface area contributed by atoms with Gasteiger partial charge in [-0.05, 0) is 20.2 Å². The number of alkyl halides is 3. The standard InChI is InChI=1S/C10H13F3N2O/c1-14(2)5-6-15-7-8(10(11,12)13)3-4-9(15)16/h3-4,7H,5-6H2,1-2H3. The molecule has 0 amide bonds. The van der Waals surface area contributed by atoms with Crippen LogP contribution in [0.5, 0.6) is 0 Å². The van der Waals surface area contributed by atoms with Crippen LogP contribution in [0.3, 0.4) is 0 Å². The van der Waals surface area contributed by atoms with E-state index in [2.05, 4.69) is 0 Å². The van der Waals surface area contributed by atoms with Gasteiger partial charge in [-0.2, -0.15) is 13.2 Å². The second-order valence-electron chi connectivity index (χ2n) is 3.75. The lowest BCUT2D eigenvalue weighted by molar-refractivity contribution is -0.138. The Kier molecular flexibility index (Phi) is 3.74. The molecule has 1 aromatic rings. The fourth-order valence-corrected chi connectivity index (χ4v) is 1.18. The maximum absolute atomic E-state index is 12.4. The third kappa shape index (κ3) is 3.37. The van der Waals surface area contributed by atoms with Crippen molar-refractivity contribution in [2.45, 2.75) is 12.7 Å². The van der Waals surface area contributed by atoms with Gasteiger partial charge in [-0.15, -0.1) is 0 Å². The average Bonchev–Trinajstić information content (AvgIpc) is 2.14. The van der Waals surface area contributed by atoms with Crippen LogP contribution in [0.15, 0.2) is 23.1 Å². The van der Waals surface area contributed by atoms with E-state index in [9.17, 15) is 18.0 Å². The lowest BCUT2D eigenvalue weighted by Crippen LogP contribution is -2.27. The molecule has 0 saturated carbocycles. The lowest BCUT2D eigenvalue weighted by atomic mass is 10.3. The number of nitrogens with zero attached hydrogens (tertiary/aromatic N) is 2. The van der Waals surface area contributed by atoms with Gasteiger partial charge in [-0.1, -0.05) is 0 Å². The highest BCUT2D eigenvalue weighted by atomic mass is 19.4. The normalized spacial score (nSPS) is 12.1. The zero-order valence-electron chi connectivity index (χ0n) is 9.08. The first kappa shape index (κ1) is 12.8. The van der Waals surface area contributed by atoms with Crippen molar-refractivity contribution in [1.29, 1.82) is 0 Å². The summed E-state index contributed by atoms with van der Waals surface area (Å²) in [7, 11) is 3.58. The maximum atomic E-state index is 12.4. The van der Waals surface area contributed by atoms with Gasteiger partial charge in [0.1, 0.15) is 0 Å². The number of pyridine rings is 1. The highest BCUT2D eigenvalue weighted by Gasteiger charge is 2.30. The van der Waals surface area contributed by atoms with Gasteiger partial charge < -0.3 is 9.47 Å². The first-order chi connectivity index (χ1) is 7.30. The summed E-state index contributed by atoms with van der Waals surface area (Å²) in [5, 5.41) is 0. The number of aromatic nitrogens is 1. The molecule has 1 heterocycles. The first-order valence-corrected chi connectivity index (χ1v) is 4.73. The Morgan fingerprint density at radius 3 is 2.44 bits per heavy atom. The number of halogens is 3. The van der Waals surface area contributed by atoms with Crippen LogP contribution in [0, 0.1) is 0 Å². The zero-order valence-corrected chi connectivity index (χ0v) is 9.08. The van der Waals surface area contributed by atoms with Crippen LogP contribution in [0.25, 0.3) is 0 Å². The summed E-state index contributed by atoms with van der Waals surface area (Å²) in [6, 6.07) is 1.74. The summed E-state index contributed by atoms with van der Waals surface area (Å²) < 4.78 is 38.2. The Bertz CT molecular complexity index is 409. The predicted molar refractivity (Wildman–Crippen MR) is 54.3 cm³/mol. The van der Waals surface area contributed by atoms with Crippen molar-refractivity contribution < 1.29 is 13.2 Å². The molecule has 0 N–H and O–H groups in total. The largest absolute Gasteiger partial charge is 0.417 e. The number of hydrogen-bond donors (Lipinski definition) is 0. The van der Waals surface area contributed by atoms with E-state index in [-0.39, 0.29) is 6.54 Å². The van der Waals surface area contributed by atoms with Crippen molar-refractivity contribution in [3.05, 3.63) is 34.2 Å². The molecule has 0 bridgehead atoms. The fourth-order valence-electron chi connectivity index (χ4n) is 1.18. The molecule has 0 aliphatic heterocycles. The van der Waals surface area contributed by atoms with Crippen molar-refractivity contribution in [1.82, 2.24) is 9.47 Å². The van der Waals surface area contributed by atoms with Crippen LogP contribution in [0.1, 0.15) is 5.56 Å². The molecule has 0 atom stereocenters. The van der Waals surface area contributed by atoms with Crippen molar-refractivity contribution in [3.8, 4) is 0 Å². The van der Waals surface area contributed by atoms with E-state index in [4.69, 9.17) is 0 Å². The second kappa shape index (κ2) is 4.69. The van der Waals surface area contributed by atoms with Gasteiger partial charge >= 0.3 is 6.18 Å². The monoisotopic (exact) mass is 234 g/mol. The third-order valence-electron chi connectivity index (χ3n) is 2.10. The van der Waals surface area contributed by atoms with E-state index in [0.717, 1.165) is 22.9 Å². The molecule has 0 radical (unpaired) electrons. The molecule has 16 heavy (non-hydrogen) atoms. The predicted octanol–water partition coefficient (Wildman–Crippen LogP) is 1.43. The molecule has 3 nitrogen and oxygen atoms in total.